The fourth-order valence-electron chi connectivity index (χ4n) is 2.36. The topological polar surface area (TPSA) is 92.5 Å². The van der Waals surface area contributed by atoms with Crippen LogP contribution in [0.1, 0.15) is 18.1 Å². The molecule has 118 valence electrons. The normalized spacial score (nSPS) is 13.2. The summed E-state index contributed by atoms with van der Waals surface area (Å²) in [5.41, 5.74) is 7.46. The standard InChI is InChI=1S/C14H23N3O3S/c1-9-6-12(15)7-10(2)13(9)21(19,20)17(5)8-11(3)14(18)16-4/h6-7,11H,8,15H2,1-5H3,(H,16,18). The Morgan fingerprint density at radius 1 is 1.33 bits per heavy atom. The van der Waals surface area contributed by atoms with Crippen molar-refractivity contribution in [2.75, 3.05) is 26.4 Å². The second-order valence-corrected chi connectivity index (χ2v) is 7.27. The Balaban J connectivity index is 3.15. The highest BCUT2D eigenvalue weighted by Gasteiger charge is 2.27. The number of carbonyl (C=O) groups is 1. The average Bonchev–Trinajstić information content (AvgIpc) is 2.35. The van der Waals surface area contributed by atoms with E-state index in [1.807, 2.05) is 0 Å². The lowest BCUT2D eigenvalue weighted by molar-refractivity contribution is -0.124. The van der Waals surface area contributed by atoms with Crippen molar-refractivity contribution >= 4 is 21.6 Å². The molecule has 1 amide bonds. The van der Waals surface area contributed by atoms with Crippen LogP contribution >= 0.6 is 0 Å². The maximum absolute atomic E-state index is 12.7. The van der Waals surface area contributed by atoms with Gasteiger partial charge in [-0.15, -0.1) is 0 Å². The van der Waals surface area contributed by atoms with Crippen molar-refractivity contribution in [2.45, 2.75) is 25.7 Å². The molecule has 1 rings (SSSR count). The number of benzene rings is 1. The minimum atomic E-state index is -3.66. The molecule has 0 saturated carbocycles. The van der Waals surface area contributed by atoms with Gasteiger partial charge in [0, 0.05) is 32.2 Å². The van der Waals surface area contributed by atoms with Crippen molar-refractivity contribution in [3.05, 3.63) is 23.3 Å². The van der Waals surface area contributed by atoms with Gasteiger partial charge in [0.1, 0.15) is 0 Å². The molecule has 3 N–H and O–H groups in total. The maximum Gasteiger partial charge on any atom is 0.243 e. The van der Waals surface area contributed by atoms with Gasteiger partial charge in [0.05, 0.1) is 4.90 Å². The van der Waals surface area contributed by atoms with E-state index in [0.717, 1.165) is 0 Å². The molecule has 1 aromatic rings. The fourth-order valence-corrected chi connectivity index (χ4v) is 4.02. The molecule has 0 spiro atoms. The monoisotopic (exact) mass is 313 g/mol. The Morgan fingerprint density at radius 2 is 1.81 bits per heavy atom. The summed E-state index contributed by atoms with van der Waals surface area (Å²) in [7, 11) is -0.651. The van der Waals surface area contributed by atoms with Crippen LogP contribution in [0.4, 0.5) is 5.69 Å². The molecule has 0 heterocycles. The predicted molar refractivity (Wildman–Crippen MR) is 83.4 cm³/mol. The molecule has 0 saturated heterocycles. The Labute approximate surface area is 126 Å². The van der Waals surface area contributed by atoms with E-state index in [1.54, 1.807) is 32.9 Å². The molecule has 0 fully saturated rings. The van der Waals surface area contributed by atoms with Crippen LogP contribution in [0.5, 0.6) is 0 Å². The Bertz CT molecular complexity index is 618. The summed E-state index contributed by atoms with van der Waals surface area (Å²) in [5.74, 6) is -0.619. The van der Waals surface area contributed by atoms with E-state index in [4.69, 9.17) is 5.73 Å². The number of nitrogens with one attached hydrogen (secondary N) is 1. The molecule has 0 aromatic heterocycles. The first-order chi connectivity index (χ1) is 9.61. The number of carbonyl (C=O) groups excluding carboxylic acids is 1. The van der Waals surface area contributed by atoms with Gasteiger partial charge in [-0.3, -0.25) is 4.79 Å². The van der Waals surface area contributed by atoms with Gasteiger partial charge >= 0.3 is 0 Å². The van der Waals surface area contributed by atoms with Crippen LogP contribution in [0, 0.1) is 19.8 Å². The number of amides is 1. The van der Waals surface area contributed by atoms with E-state index in [9.17, 15) is 13.2 Å². The van der Waals surface area contributed by atoms with Crippen molar-refractivity contribution in [1.82, 2.24) is 9.62 Å². The van der Waals surface area contributed by atoms with Crippen LogP contribution in [0.3, 0.4) is 0 Å². The highest BCUT2D eigenvalue weighted by Crippen LogP contribution is 2.26. The van der Waals surface area contributed by atoms with Gasteiger partial charge in [-0.25, -0.2) is 12.7 Å². The summed E-state index contributed by atoms with van der Waals surface area (Å²) in [6.07, 6.45) is 0. The molecule has 0 radical (unpaired) electrons. The highest BCUT2D eigenvalue weighted by atomic mass is 32.2. The smallest absolute Gasteiger partial charge is 0.243 e. The molecule has 1 atom stereocenters. The number of nitrogens with zero attached hydrogens (tertiary/aromatic N) is 1. The third kappa shape index (κ3) is 3.74. The van der Waals surface area contributed by atoms with E-state index < -0.39 is 15.9 Å². The number of rotatable bonds is 5. The molecule has 21 heavy (non-hydrogen) atoms. The second kappa shape index (κ2) is 6.44. The number of sulfonamides is 1. The van der Waals surface area contributed by atoms with Gasteiger partial charge in [0.2, 0.25) is 15.9 Å². The van der Waals surface area contributed by atoms with Crippen LogP contribution in [0.2, 0.25) is 0 Å². The van der Waals surface area contributed by atoms with Crippen LogP contribution in [0.25, 0.3) is 0 Å². The number of hydrogen-bond acceptors (Lipinski definition) is 4. The third-order valence-electron chi connectivity index (χ3n) is 3.38. The highest BCUT2D eigenvalue weighted by molar-refractivity contribution is 7.89. The zero-order valence-electron chi connectivity index (χ0n) is 13.1. The van der Waals surface area contributed by atoms with E-state index in [1.165, 1.54) is 18.4 Å². The van der Waals surface area contributed by atoms with Gasteiger partial charge < -0.3 is 11.1 Å². The minimum absolute atomic E-state index is 0.116. The first-order valence-electron chi connectivity index (χ1n) is 6.66. The lowest BCUT2D eigenvalue weighted by Gasteiger charge is -2.22. The first kappa shape index (κ1) is 17.5. The van der Waals surface area contributed by atoms with Crippen molar-refractivity contribution in [2.24, 2.45) is 5.92 Å². The number of nitrogen functional groups attached to an aromatic ring is 1. The Kier molecular flexibility index (Phi) is 5.36. The Morgan fingerprint density at radius 3 is 2.24 bits per heavy atom. The van der Waals surface area contributed by atoms with Gasteiger partial charge in [0.25, 0.3) is 0 Å². The SMILES string of the molecule is CNC(=O)C(C)CN(C)S(=O)(=O)c1c(C)cc(N)cc1C. The summed E-state index contributed by atoms with van der Waals surface area (Å²) >= 11 is 0. The van der Waals surface area contributed by atoms with Crippen molar-refractivity contribution in [3.63, 3.8) is 0 Å². The molecule has 6 nitrogen and oxygen atoms in total. The van der Waals surface area contributed by atoms with Crippen molar-refractivity contribution < 1.29 is 13.2 Å². The summed E-state index contributed by atoms with van der Waals surface area (Å²) in [4.78, 5) is 11.8. The Hall–Kier alpha value is -1.60. The van der Waals surface area contributed by atoms with Crippen LogP contribution in [0.15, 0.2) is 17.0 Å². The zero-order valence-corrected chi connectivity index (χ0v) is 13.9. The van der Waals surface area contributed by atoms with E-state index in [0.29, 0.717) is 16.8 Å². The van der Waals surface area contributed by atoms with Gasteiger partial charge in [-0.05, 0) is 37.1 Å². The molecule has 0 aliphatic heterocycles. The summed E-state index contributed by atoms with van der Waals surface area (Å²) in [6.45, 7) is 5.23. The van der Waals surface area contributed by atoms with E-state index in [2.05, 4.69) is 5.32 Å². The van der Waals surface area contributed by atoms with E-state index >= 15 is 0 Å². The quantitative estimate of drug-likeness (QED) is 0.790. The van der Waals surface area contributed by atoms with Crippen LogP contribution in [-0.4, -0.2) is 39.3 Å². The number of nitrogens with two attached hydrogens (primary N) is 1. The fraction of sp³-hybridized carbons (Fsp3) is 0.500. The van der Waals surface area contributed by atoms with E-state index in [-0.39, 0.29) is 17.3 Å². The number of hydrogen-bond donors (Lipinski definition) is 2. The molecule has 0 aliphatic carbocycles. The molecule has 0 aliphatic rings. The first-order valence-corrected chi connectivity index (χ1v) is 8.10. The predicted octanol–water partition coefficient (Wildman–Crippen LogP) is 0.888. The molecular weight excluding hydrogens is 290 g/mol. The maximum atomic E-state index is 12.7. The summed E-state index contributed by atoms with van der Waals surface area (Å²) < 4.78 is 26.6. The molecule has 1 aromatic carbocycles. The zero-order chi connectivity index (χ0) is 16.4. The van der Waals surface area contributed by atoms with Crippen LogP contribution < -0.4 is 11.1 Å². The lowest BCUT2D eigenvalue weighted by Crippen LogP contribution is -2.37. The molecular formula is C14H23N3O3S. The lowest BCUT2D eigenvalue weighted by atomic mass is 10.1. The number of aryl methyl sites for hydroxylation is 2. The number of anilines is 1. The van der Waals surface area contributed by atoms with Gasteiger partial charge in [-0.2, -0.15) is 0 Å². The molecule has 0 bridgehead atoms. The van der Waals surface area contributed by atoms with Crippen molar-refractivity contribution in [1.29, 1.82) is 0 Å². The van der Waals surface area contributed by atoms with Crippen LogP contribution in [-0.2, 0) is 14.8 Å². The summed E-state index contributed by atoms with van der Waals surface area (Å²) in [6, 6.07) is 3.27. The third-order valence-corrected chi connectivity index (χ3v) is 5.51. The van der Waals surface area contributed by atoms with Gasteiger partial charge in [0.15, 0.2) is 0 Å². The average molecular weight is 313 g/mol. The van der Waals surface area contributed by atoms with Gasteiger partial charge in [-0.1, -0.05) is 6.92 Å². The molecule has 1 unspecified atom stereocenters. The molecule has 7 heteroatoms. The summed E-state index contributed by atoms with van der Waals surface area (Å²) in [5, 5.41) is 2.51. The van der Waals surface area contributed by atoms with Crippen molar-refractivity contribution in [3.8, 4) is 0 Å². The minimum Gasteiger partial charge on any atom is -0.399 e. The largest absolute Gasteiger partial charge is 0.399 e. The second-order valence-electron chi connectivity index (χ2n) is 5.28.